The molecular weight excluding hydrogens is 294 g/mol. The van der Waals surface area contributed by atoms with Gasteiger partial charge >= 0.3 is 5.97 Å². The fraction of sp³-hybridized carbons (Fsp3) is 0.556. The Kier molecular flexibility index (Phi) is 5.29. The van der Waals surface area contributed by atoms with E-state index >= 15 is 0 Å². The molecule has 1 aliphatic rings. The average Bonchev–Trinajstić information content (AvgIpc) is 2.42. The van der Waals surface area contributed by atoms with Gasteiger partial charge in [0.1, 0.15) is 5.75 Å². The zero-order valence-electron chi connectivity index (χ0n) is 14.0. The van der Waals surface area contributed by atoms with Crippen molar-refractivity contribution in [2.45, 2.75) is 39.0 Å². The van der Waals surface area contributed by atoms with E-state index in [4.69, 9.17) is 9.84 Å². The molecule has 0 radical (unpaired) electrons. The molecule has 5 heteroatoms. The number of carbonyl (C=O) groups excluding carboxylic acids is 1. The van der Waals surface area contributed by atoms with Crippen LogP contribution in [0.1, 0.15) is 39.2 Å². The summed E-state index contributed by atoms with van der Waals surface area (Å²) < 4.78 is 5.96. The molecule has 0 aromatic heterocycles. The van der Waals surface area contributed by atoms with Gasteiger partial charge in [-0.2, -0.15) is 0 Å². The molecule has 23 heavy (non-hydrogen) atoms. The largest absolute Gasteiger partial charge is 0.493 e. The van der Waals surface area contributed by atoms with E-state index < -0.39 is 5.97 Å². The van der Waals surface area contributed by atoms with Gasteiger partial charge in [0, 0.05) is 25.4 Å². The number of nitrogens with zero attached hydrogens (tertiary/aromatic N) is 1. The van der Waals surface area contributed by atoms with E-state index in [2.05, 4.69) is 26.8 Å². The van der Waals surface area contributed by atoms with Crippen molar-refractivity contribution in [3.05, 3.63) is 29.8 Å². The molecule has 1 fully saturated rings. The van der Waals surface area contributed by atoms with Crippen molar-refractivity contribution in [2.75, 3.05) is 19.7 Å². The molecule has 0 aliphatic carbocycles. The summed E-state index contributed by atoms with van der Waals surface area (Å²) in [5, 5.41) is 8.60. The van der Waals surface area contributed by atoms with Gasteiger partial charge in [0.25, 0.3) is 0 Å². The first kappa shape index (κ1) is 17.3. The minimum Gasteiger partial charge on any atom is -0.493 e. The summed E-state index contributed by atoms with van der Waals surface area (Å²) in [6.07, 6.45) is -0.0226. The van der Waals surface area contributed by atoms with Gasteiger partial charge in [0.2, 0.25) is 5.91 Å². The molecule has 0 spiro atoms. The number of aliphatic carboxylic acids is 1. The van der Waals surface area contributed by atoms with Crippen LogP contribution in [0.5, 0.6) is 5.75 Å². The number of benzene rings is 1. The highest BCUT2D eigenvalue weighted by Crippen LogP contribution is 2.31. The number of carbonyl (C=O) groups is 2. The summed E-state index contributed by atoms with van der Waals surface area (Å²) in [4.78, 5) is 23.9. The van der Waals surface area contributed by atoms with E-state index in [1.54, 1.807) is 4.90 Å². The van der Waals surface area contributed by atoms with Gasteiger partial charge in [0.05, 0.1) is 13.0 Å². The first-order valence-electron chi connectivity index (χ1n) is 7.99. The van der Waals surface area contributed by atoms with Crippen molar-refractivity contribution in [1.29, 1.82) is 0 Å². The van der Waals surface area contributed by atoms with Crippen molar-refractivity contribution in [3.8, 4) is 5.75 Å². The molecule has 0 saturated carbocycles. The van der Waals surface area contributed by atoms with Crippen LogP contribution in [0.3, 0.4) is 0 Å². The monoisotopic (exact) mass is 319 g/mol. The van der Waals surface area contributed by atoms with Gasteiger partial charge in [-0.15, -0.1) is 0 Å². The highest BCUT2D eigenvalue weighted by Gasteiger charge is 2.31. The van der Waals surface area contributed by atoms with Crippen molar-refractivity contribution < 1.29 is 19.4 Å². The lowest BCUT2D eigenvalue weighted by Gasteiger charge is -2.39. The molecule has 1 saturated heterocycles. The summed E-state index contributed by atoms with van der Waals surface area (Å²) in [7, 11) is 0. The molecule has 0 unspecified atom stereocenters. The Balaban J connectivity index is 1.79. The number of likely N-dealkylation sites (tertiary alicyclic amines) is 1. The molecule has 1 heterocycles. The quantitative estimate of drug-likeness (QED) is 0.875. The van der Waals surface area contributed by atoms with E-state index in [1.165, 1.54) is 5.56 Å². The van der Waals surface area contributed by atoms with Gasteiger partial charge in [0.15, 0.2) is 0 Å². The summed E-state index contributed by atoms with van der Waals surface area (Å²) in [5.41, 5.74) is 1.20. The lowest BCUT2D eigenvalue weighted by atomic mass is 9.86. The predicted molar refractivity (Wildman–Crippen MR) is 87.6 cm³/mol. The zero-order valence-corrected chi connectivity index (χ0v) is 14.0. The smallest absolute Gasteiger partial charge is 0.303 e. The van der Waals surface area contributed by atoms with Crippen LogP contribution in [0.15, 0.2) is 24.3 Å². The Morgan fingerprint density at radius 1 is 1.22 bits per heavy atom. The normalized spacial score (nSPS) is 15.2. The SMILES string of the molecule is CC(C)(C)c1ccccc1OCC1CN(C(=O)CCC(=O)O)C1. The summed E-state index contributed by atoms with van der Waals surface area (Å²) in [6, 6.07) is 8.04. The van der Waals surface area contributed by atoms with E-state index in [0.717, 1.165) is 5.75 Å². The third kappa shape index (κ3) is 4.71. The molecule has 5 nitrogen and oxygen atoms in total. The van der Waals surface area contributed by atoms with Gasteiger partial charge in [-0.25, -0.2) is 0 Å². The van der Waals surface area contributed by atoms with E-state index in [0.29, 0.717) is 25.6 Å². The van der Waals surface area contributed by atoms with Crippen molar-refractivity contribution in [1.82, 2.24) is 4.90 Å². The molecule has 2 rings (SSSR count). The lowest BCUT2D eigenvalue weighted by Crippen LogP contribution is -2.52. The van der Waals surface area contributed by atoms with Gasteiger partial charge in [-0.3, -0.25) is 9.59 Å². The number of carboxylic acid groups (broad SMARTS) is 1. The van der Waals surface area contributed by atoms with Crippen molar-refractivity contribution in [3.63, 3.8) is 0 Å². The maximum atomic E-state index is 11.8. The topological polar surface area (TPSA) is 66.8 Å². The Hall–Kier alpha value is -2.04. The first-order valence-corrected chi connectivity index (χ1v) is 7.99. The maximum absolute atomic E-state index is 11.8. The van der Waals surface area contributed by atoms with Gasteiger partial charge in [-0.1, -0.05) is 39.0 Å². The fourth-order valence-electron chi connectivity index (χ4n) is 2.67. The van der Waals surface area contributed by atoms with Gasteiger partial charge < -0.3 is 14.7 Å². The predicted octanol–water partition coefficient (Wildman–Crippen LogP) is 2.69. The maximum Gasteiger partial charge on any atom is 0.303 e. The minimum absolute atomic E-state index is 0.0229. The molecule has 126 valence electrons. The van der Waals surface area contributed by atoms with Crippen LogP contribution in [-0.4, -0.2) is 41.6 Å². The van der Waals surface area contributed by atoms with Crippen LogP contribution in [0.2, 0.25) is 0 Å². The van der Waals surface area contributed by atoms with E-state index in [-0.39, 0.29) is 24.2 Å². The van der Waals surface area contributed by atoms with Crippen molar-refractivity contribution >= 4 is 11.9 Å². The highest BCUT2D eigenvalue weighted by atomic mass is 16.5. The van der Waals surface area contributed by atoms with Crippen LogP contribution in [0.4, 0.5) is 0 Å². The average molecular weight is 319 g/mol. The molecule has 0 bridgehead atoms. The Morgan fingerprint density at radius 2 is 1.87 bits per heavy atom. The Bertz CT molecular complexity index is 571. The molecule has 0 atom stereocenters. The third-order valence-electron chi connectivity index (χ3n) is 4.03. The molecule has 1 amide bonds. The zero-order chi connectivity index (χ0) is 17.0. The summed E-state index contributed by atoms with van der Waals surface area (Å²) in [5.74, 6) is 0.198. The second-order valence-electron chi connectivity index (χ2n) is 7.12. The standard InChI is InChI=1S/C18H25NO4/c1-18(2,3)14-6-4-5-7-15(14)23-12-13-10-19(11-13)16(20)8-9-17(21)22/h4-7,13H,8-12H2,1-3H3,(H,21,22). The summed E-state index contributed by atoms with van der Waals surface area (Å²) in [6.45, 7) is 8.34. The highest BCUT2D eigenvalue weighted by molar-refractivity contribution is 5.81. The first-order chi connectivity index (χ1) is 10.8. The van der Waals surface area contributed by atoms with Crippen LogP contribution < -0.4 is 4.74 Å². The Morgan fingerprint density at radius 3 is 2.48 bits per heavy atom. The molecule has 1 aromatic rings. The second-order valence-corrected chi connectivity index (χ2v) is 7.12. The Labute approximate surface area is 137 Å². The van der Waals surface area contributed by atoms with E-state index in [1.807, 2.05) is 18.2 Å². The number of hydrogen-bond donors (Lipinski definition) is 1. The number of amides is 1. The van der Waals surface area contributed by atoms with E-state index in [9.17, 15) is 9.59 Å². The van der Waals surface area contributed by atoms with Crippen LogP contribution in [0.25, 0.3) is 0 Å². The van der Waals surface area contributed by atoms with Crippen molar-refractivity contribution in [2.24, 2.45) is 5.92 Å². The van der Waals surface area contributed by atoms with Gasteiger partial charge in [-0.05, 0) is 17.0 Å². The number of hydrogen-bond acceptors (Lipinski definition) is 3. The lowest BCUT2D eigenvalue weighted by molar-refractivity contribution is -0.143. The van der Waals surface area contributed by atoms with Crippen LogP contribution >= 0.6 is 0 Å². The number of rotatable bonds is 6. The second kappa shape index (κ2) is 7.02. The molecule has 1 aliphatic heterocycles. The number of para-hydroxylation sites is 1. The van der Waals surface area contributed by atoms with Crippen LogP contribution in [-0.2, 0) is 15.0 Å². The van der Waals surface area contributed by atoms with Crippen LogP contribution in [0, 0.1) is 5.92 Å². The molecular formula is C18H25NO4. The fourth-order valence-corrected chi connectivity index (χ4v) is 2.67. The summed E-state index contributed by atoms with van der Waals surface area (Å²) >= 11 is 0. The third-order valence-corrected chi connectivity index (χ3v) is 4.03. The minimum atomic E-state index is -0.933. The molecule has 1 aromatic carbocycles. The molecule has 1 N–H and O–H groups in total. The number of ether oxygens (including phenoxy) is 1. The number of carboxylic acids is 1.